The molecule has 27 heavy (non-hydrogen) atoms. The van der Waals surface area contributed by atoms with Crippen LogP contribution in [0.1, 0.15) is 22.5 Å². The lowest BCUT2D eigenvalue weighted by atomic mass is 10.2. The monoisotopic (exact) mass is 371 g/mol. The Morgan fingerprint density at radius 1 is 1.30 bits per heavy atom. The van der Waals surface area contributed by atoms with E-state index in [9.17, 15) is 9.59 Å². The SMILES string of the molecule is Cc1nn(C)c(C)c1/C=C/C(=O)OCC(=O)NCc1ccc2c(c1)OCO2. The first-order valence-corrected chi connectivity index (χ1v) is 8.44. The summed E-state index contributed by atoms with van der Waals surface area (Å²) in [6.07, 6.45) is 2.94. The number of carbonyl (C=O) groups is 2. The van der Waals surface area contributed by atoms with Gasteiger partial charge in [-0.05, 0) is 37.6 Å². The van der Waals surface area contributed by atoms with Crippen molar-refractivity contribution in [2.45, 2.75) is 20.4 Å². The van der Waals surface area contributed by atoms with Crippen molar-refractivity contribution in [2.24, 2.45) is 7.05 Å². The van der Waals surface area contributed by atoms with Gasteiger partial charge in [-0.25, -0.2) is 4.79 Å². The zero-order chi connectivity index (χ0) is 19.4. The summed E-state index contributed by atoms with van der Waals surface area (Å²) in [6.45, 7) is 3.93. The van der Waals surface area contributed by atoms with E-state index >= 15 is 0 Å². The number of ether oxygens (including phenoxy) is 3. The van der Waals surface area contributed by atoms with Crippen LogP contribution in [0.5, 0.6) is 11.5 Å². The number of esters is 1. The topological polar surface area (TPSA) is 91.7 Å². The Hall–Kier alpha value is -3.29. The van der Waals surface area contributed by atoms with E-state index in [1.54, 1.807) is 22.9 Å². The van der Waals surface area contributed by atoms with Crippen LogP contribution in [0.25, 0.3) is 6.08 Å². The van der Waals surface area contributed by atoms with Gasteiger partial charge in [-0.1, -0.05) is 6.07 Å². The molecule has 0 unspecified atom stereocenters. The number of aryl methyl sites for hydroxylation is 2. The van der Waals surface area contributed by atoms with E-state index in [4.69, 9.17) is 14.2 Å². The first kappa shape index (κ1) is 18.5. The number of rotatable bonds is 6. The summed E-state index contributed by atoms with van der Waals surface area (Å²) in [5.41, 5.74) is 3.49. The van der Waals surface area contributed by atoms with E-state index in [1.165, 1.54) is 6.08 Å². The molecule has 0 atom stereocenters. The van der Waals surface area contributed by atoms with Gasteiger partial charge < -0.3 is 19.5 Å². The fraction of sp³-hybridized carbons (Fsp3) is 0.316. The molecule has 0 spiro atoms. The molecule has 1 aliphatic heterocycles. The van der Waals surface area contributed by atoms with Crippen molar-refractivity contribution in [3.05, 3.63) is 46.8 Å². The van der Waals surface area contributed by atoms with E-state index in [0.29, 0.717) is 18.0 Å². The molecule has 3 rings (SSSR count). The molecule has 0 saturated heterocycles. The maximum absolute atomic E-state index is 11.9. The van der Waals surface area contributed by atoms with Crippen LogP contribution in [0.15, 0.2) is 24.3 Å². The number of aromatic nitrogens is 2. The third kappa shape index (κ3) is 4.46. The van der Waals surface area contributed by atoms with Crippen molar-refractivity contribution < 1.29 is 23.8 Å². The van der Waals surface area contributed by atoms with Gasteiger partial charge in [0.2, 0.25) is 6.79 Å². The Morgan fingerprint density at radius 2 is 2.07 bits per heavy atom. The van der Waals surface area contributed by atoms with E-state index < -0.39 is 5.97 Å². The molecule has 1 amide bonds. The highest BCUT2D eigenvalue weighted by atomic mass is 16.7. The average Bonchev–Trinajstić information content (AvgIpc) is 3.20. The summed E-state index contributed by atoms with van der Waals surface area (Å²) in [5, 5.41) is 6.96. The molecular formula is C19H21N3O5. The third-order valence-electron chi connectivity index (χ3n) is 4.22. The van der Waals surface area contributed by atoms with Crippen molar-refractivity contribution in [1.29, 1.82) is 0 Å². The number of amides is 1. The van der Waals surface area contributed by atoms with Gasteiger partial charge in [0.15, 0.2) is 18.1 Å². The van der Waals surface area contributed by atoms with Gasteiger partial charge >= 0.3 is 5.97 Å². The molecule has 8 heteroatoms. The van der Waals surface area contributed by atoms with Crippen LogP contribution in [0, 0.1) is 13.8 Å². The minimum atomic E-state index is -0.587. The number of fused-ring (bicyclic) bond motifs is 1. The Labute approximate surface area is 156 Å². The van der Waals surface area contributed by atoms with E-state index in [0.717, 1.165) is 22.5 Å². The predicted octanol–water partition coefficient (Wildman–Crippen LogP) is 1.64. The van der Waals surface area contributed by atoms with Crippen LogP contribution in [0.3, 0.4) is 0 Å². The molecule has 1 aromatic heterocycles. The van der Waals surface area contributed by atoms with Gasteiger partial charge in [-0.15, -0.1) is 0 Å². The van der Waals surface area contributed by atoms with Crippen molar-refractivity contribution in [2.75, 3.05) is 13.4 Å². The van der Waals surface area contributed by atoms with Gasteiger partial charge in [0.25, 0.3) is 5.91 Å². The Morgan fingerprint density at radius 3 is 2.81 bits per heavy atom. The Kier molecular flexibility index (Phi) is 5.44. The maximum atomic E-state index is 11.9. The molecule has 2 aromatic rings. The van der Waals surface area contributed by atoms with Gasteiger partial charge in [-0.3, -0.25) is 9.48 Å². The number of benzene rings is 1. The quantitative estimate of drug-likeness (QED) is 0.613. The van der Waals surface area contributed by atoms with E-state index in [2.05, 4.69) is 10.4 Å². The minimum absolute atomic E-state index is 0.201. The zero-order valence-electron chi connectivity index (χ0n) is 15.4. The lowest BCUT2D eigenvalue weighted by molar-refractivity contribution is -0.143. The molecule has 2 heterocycles. The summed E-state index contributed by atoms with van der Waals surface area (Å²) in [7, 11) is 1.84. The van der Waals surface area contributed by atoms with Crippen LogP contribution in [0.4, 0.5) is 0 Å². The molecule has 0 bridgehead atoms. The van der Waals surface area contributed by atoms with E-state index in [-0.39, 0.29) is 19.3 Å². The first-order valence-electron chi connectivity index (χ1n) is 8.44. The second-order valence-electron chi connectivity index (χ2n) is 6.11. The summed E-state index contributed by atoms with van der Waals surface area (Å²) < 4.78 is 17.2. The third-order valence-corrected chi connectivity index (χ3v) is 4.22. The second-order valence-corrected chi connectivity index (χ2v) is 6.11. The number of nitrogens with one attached hydrogen (secondary N) is 1. The molecule has 0 radical (unpaired) electrons. The minimum Gasteiger partial charge on any atom is -0.454 e. The van der Waals surface area contributed by atoms with Crippen molar-refractivity contribution >= 4 is 18.0 Å². The van der Waals surface area contributed by atoms with Crippen LogP contribution in [-0.2, 0) is 27.9 Å². The van der Waals surface area contributed by atoms with Gasteiger partial charge in [-0.2, -0.15) is 5.10 Å². The maximum Gasteiger partial charge on any atom is 0.331 e. The fourth-order valence-corrected chi connectivity index (χ4v) is 2.67. The van der Waals surface area contributed by atoms with Gasteiger partial charge in [0, 0.05) is 30.9 Å². The number of carbonyl (C=O) groups excluding carboxylic acids is 2. The molecule has 142 valence electrons. The molecule has 1 aliphatic rings. The smallest absolute Gasteiger partial charge is 0.331 e. The highest BCUT2D eigenvalue weighted by Gasteiger charge is 2.13. The Balaban J connectivity index is 1.44. The highest BCUT2D eigenvalue weighted by molar-refractivity contribution is 5.89. The standard InChI is InChI=1S/C19H21N3O5/c1-12-15(13(2)22(3)21-12)5-7-19(24)25-10-18(23)20-9-14-4-6-16-17(8-14)27-11-26-16/h4-8H,9-11H2,1-3H3,(H,20,23)/b7-5+. The lowest BCUT2D eigenvalue weighted by Gasteiger charge is -2.06. The van der Waals surface area contributed by atoms with Gasteiger partial charge in [0.05, 0.1) is 5.69 Å². The largest absolute Gasteiger partial charge is 0.454 e. The van der Waals surface area contributed by atoms with Crippen LogP contribution < -0.4 is 14.8 Å². The number of hydrogen-bond donors (Lipinski definition) is 1. The van der Waals surface area contributed by atoms with E-state index in [1.807, 2.05) is 27.0 Å². The van der Waals surface area contributed by atoms with Crippen molar-refractivity contribution in [1.82, 2.24) is 15.1 Å². The molecule has 8 nitrogen and oxygen atoms in total. The fourth-order valence-electron chi connectivity index (χ4n) is 2.67. The van der Waals surface area contributed by atoms with Crippen LogP contribution >= 0.6 is 0 Å². The van der Waals surface area contributed by atoms with Crippen LogP contribution in [-0.4, -0.2) is 35.1 Å². The molecule has 1 aromatic carbocycles. The predicted molar refractivity (Wildman–Crippen MR) is 97.1 cm³/mol. The number of hydrogen-bond acceptors (Lipinski definition) is 6. The molecule has 0 saturated carbocycles. The van der Waals surface area contributed by atoms with Crippen molar-refractivity contribution in [3.63, 3.8) is 0 Å². The normalized spacial score (nSPS) is 12.4. The highest BCUT2D eigenvalue weighted by Crippen LogP contribution is 2.32. The first-order chi connectivity index (χ1) is 12.9. The summed E-state index contributed by atoms with van der Waals surface area (Å²) >= 11 is 0. The Bertz CT molecular complexity index is 901. The van der Waals surface area contributed by atoms with Crippen LogP contribution in [0.2, 0.25) is 0 Å². The van der Waals surface area contributed by atoms with Crippen molar-refractivity contribution in [3.8, 4) is 11.5 Å². The molecule has 0 fully saturated rings. The molecule has 1 N–H and O–H groups in total. The van der Waals surface area contributed by atoms with Gasteiger partial charge in [0.1, 0.15) is 0 Å². The summed E-state index contributed by atoms with van der Waals surface area (Å²) in [6, 6.07) is 5.42. The summed E-state index contributed by atoms with van der Waals surface area (Å²) in [4.78, 5) is 23.7. The number of nitrogens with zero attached hydrogens (tertiary/aromatic N) is 2. The summed E-state index contributed by atoms with van der Waals surface area (Å²) in [5.74, 6) is 0.364. The zero-order valence-corrected chi connectivity index (χ0v) is 15.4. The molecular weight excluding hydrogens is 350 g/mol. The second kappa shape index (κ2) is 7.94. The molecule has 0 aliphatic carbocycles. The lowest BCUT2D eigenvalue weighted by Crippen LogP contribution is -2.28. The average molecular weight is 371 g/mol.